The van der Waals surface area contributed by atoms with Crippen LogP contribution in [-0.2, 0) is 115 Å². The first-order valence-electron chi connectivity index (χ1n) is 51.5. The predicted octanol–water partition coefficient (Wildman–Crippen LogP) is 1.11. The molecule has 0 fully saturated rings. The van der Waals surface area contributed by atoms with Gasteiger partial charge in [0.2, 0.25) is 64.5 Å². The summed E-state index contributed by atoms with van der Waals surface area (Å²) in [7, 11) is 0. The third-order valence-electron chi connectivity index (χ3n) is 26.5. The van der Waals surface area contributed by atoms with E-state index in [1.165, 1.54) is 65.8 Å². The maximum atomic E-state index is 15.6. The van der Waals surface area contributed by atoms with Crippen LogP contribution in [-0.4, -0.2) is 290 Å². The Morgan fingerprint density at radius 2 is 1.12 bits per heavy atom. The van der Waals surface area contributed by atoms with E-state index in [-0.39, 0.29) is 163 Å². The highest BCUT2D eigenvalue weighted by Gasteiger charge is 2.44. The lowest BCUT2D eigenvalue weighted by molar-refractivity contribution is -0.143. The zero-order chi connectivity index (χ0) is 111. The van der Waals surface area contributed by atoms with Crippen molar-refractivity contribution < 1.29 is 111 Å². The molecule has 43 heteroatoms. The van der Waals surface area contributed by atoms with E-state index in [1.807, 2.05) is 26.0 Å². The molecule has 2 heterocycles. The van der Waals surface area contributed by atoms with Gasteiger partial charge in [0.05, 0.1) is 116 Å². The number of hydrazine groups is 2. The summed E-state index contributed by atoms with van der Waals surface area (Å²) in [6.45, 7) is 24.0. The van der Waals surface area contributed by atoms with Gasteiger partial charge in [-0.2, -0.15) is 0 Å². The summed E-state index contributed by atoms with van der Waals surface area (Å²) in [6.07, 6.45) is 3.23. The number of nitrogens with one attached hydrogen (secondary N) is 18. The number of nitrogens with two attached hydrogens (primary N) is 2. The maximum Gasteiger partial charge on any atom is 0.303 e. The van der Waals surface area contributed by atoms with Crippen LogP contribution in [0.3, 0.4) is 0 Å². The molecule has 0 aliphatic carbocycles. The number of carboxylic acids is 1. The fourth-order valence-electron chi connectivity index (χ4n) is 16.4. The average Bonchev–Trinajstić information content (AvgIpc) is 1.71. The van der Waals surface area contributed by atoms with Crippen molar-refractivity contribution in [1.82, 2.24) is 95.8 Å². The van der Waals surface area contributed by atoms with Crippen molar-refractivity contribution in [3.05, 3.63) is 114 Å². The van der Waals surface area contributed by atoms with E-state index in [0.717, 1.165) is 0 Å². The van der Waals surface area contributed by atoms with Gasteiger partial charge in [0.25, 0.3) is 0 Å². The van der Waals surface area contributed by atoms with Crippen molar-refractivity contribution in [2.24, 2.45) is 23.3 Å². The monoisotopic (exact) mass is 2080 g/mol. The van der Waals surface area contributed by atoms with Crippen LogP contribution in [0.25, 0.3) is 10.9 Å². The fourth-order valence-corrected chi connectivity index (χ4v) is 16.4. The van der Waals surface area contributed by atoms with E-state index in [4.69, 9.17) is 11.5 Å². The molecule has 149 heavy (non-hydrogen) atoms. The van der Waals surface area contributed by atoms with E-state index in [1.54, 1.807) is 116 Å². The van der Waals surface area contributed by atoms with Crippen LogP contribution in [0.5, 0.6) is 5.75 Å². The first-order valence-corrected chi connectivity index (χ1v) is 51.5. The number of para-hydroxylation sites is 1. The van der Waals surface area contributed by atoms with Crippen LogP contribution in [0.1, 0.15) is 243 Å². The molecule has 0 saturated carbocycles. The van der Waals surface area contributed by atoms with Crippen LogP contribution < -0.4 is 102 Å². The van der Waals surface area contributed by atoms with Crippen molar-refractivity contribution in [3.63, 3.8) is 0 Å². The minimum absolute atomic E-state index is 0.00979. The van der Waals surface area contributed by atoms with Crippen LogP contribution in [0.15, 0.2) is 97.2 Å². The predicted molar refractivity (Wildman–Crippen MR) is 560 cm³/mol. The van der Waals surface area contributed by atoms with E-state index >= 15 is 24.0 Å². The number of aliphatic hydroxyl groups excluding tert-OH is 1. The zero-order valence-corrected chi connectivity index (χ0v) is 89.0. The summed E-state index contributed by atoms with van der Waals surface area (Å²) < 4.78 is 0. The first kappa shape index (κ1) is 127. The molecule has 0 radical (unpaired) electrons. The maximum absolute atomic E-state index is 15.6. The average molecular weight is 2080 g/mol. The number of aromatic nitrogens is 1. The number of carbonyl (C=O) groups excluding carboxylic acids is 19. The van der Waals surface area contributed by atoms with Gasteiger partial charge in [-0.25, -0.2) is 21.7 Å². The Labute approximate surface area is 872 Å². The molecule has 1 aromatic heterocycles. The topological polar surface area (TPSA) is 674 Å². The van der Waals surface area contributed by atoms with E-state index < -0.39 is 221 Å². The summed E-state index contributed by atoms with van der Waals surface area (Å²) >= 11 is 0. The molecule has 5 rings (SSSR count). The number of hydrogen-bond donors (Lipinski definition) is 23. The lowest BCUT2D eigenvalue weighted by atomic mass is 9.88. The van der Waals surface area contributed by atoms with E-state index in [9.17, 15) is 87.2 Å². The number of aliphatic hydroxyl groups is 1. The van der Waals surface area contributed by atoms with Crippen molar-refractivity contribution >= 4 is 128 Å². The van der Waals surface area contributed by atoms with Crippen molar-refractivity contribution in [2.45, 2.75) is 353 Å². The van der Waals surface area contributed by atoms with Crippen LogP contribution in [0.4, 0.5) is 0 Å². The van der Waals surface area contributed by atoms with Crippen LogP contribution >= 0.6 is 0 Å². The van der Waals surface area contributed by atoms with Gasteiger partial charge in [0.15, 0.2) is 46.3 Å². The number of phenolic OH excluding ortho intramolecular Hbond substituents is 1. The largest absolute Gasteiger partial charge is 0.508 e. The molecule has 25 N–H and O–H groups in total. The molecular formula is C106H162N20O23. The van der Waals surface area contributed by atoms with Crippen molar-refractivity contribution in [2.75, 3.05) is 45.9 Å². The SMILES string of the molecule is CC(=O)N[C@@H](CC(C)C)C(=O)N[C@H](C(=O)C(=O)[C@H](Cc1ccccc1)NN[C@]1(C)CCCCCCC=CCCC[C@@](C)(C(=O)CN[C@@H](C)C(=O)CCN[C@@H](C)C(=O)CCN[C@@H](C)C(=O)CNC(C)(C)C(=O)CN[C@@H](C)C(=O)CN[C@H](C)C(N)=O)NC(=O)[C@H](CC(C)C)NC(=O)[C@H](CCC(N)=O)NCN[C@@H](C)C(=O)CC(=O)[C@H](Cc2c[nH]c3ccccc23)NN[C@@H](Cc2ccc(O)cc2)C(=O)C(=O)[C@H](CCC(=O)O)NC1=O)[C@@H](C)O. The molecule has 4 aromatic rings. The number of aliphatic carboxylic acids is 1. The minimum Gasteiger partial charge on any atom is -0.508 e. The second-order valence-electron chi connectivity index (χ2n) is 40.8. The van der Waals surface area contributed by atoms with Gasteiger partial charge in [-0.05, 0) is 206 Å². The number of H-pyrrole nitrogens is 1. The molecule has 0 bridgehead atoms. The number of phenols is 1. The second-order valence-corrected chi connectivity index (χ2v) is 40.8. The summed E-state index contributed by atoms with van der Waals surface area (Å²) in [6, 6.07) is 3.91. The molecule has 7 amide bonds. The van der Waals surface area contributed by atoms with Crippen molar-refractivity contribution in [3.8, 4) is 5.75 Å². The number of hydrogen-bond acceptors (Lipinski definition) is 34. The molecule has 0 spiro atoms. The minimum atomic E-state index is -1.95. The number of ketones is 12. The highest BCUT2D eigenvalue weighted by atomic mass is 16.4. The molecule has 0 saturated heterocycles. The summed E-state index contributed by atoms with van der Waals surface area (Å²) in [5.74, 6) is -15.7. The van der Waals surface area contributed by atoms with Gasteiger partial charge in [0.1, 0.15) is 29.4 Å². The molecule has 3 aromatic carbocycles. The Hall–Kier alpha value is -12.0. The number of carboxylic acid groups (broad SMARTS) is 1. The number of allylic oxidation sites excluding steroid dienone is 2. The quantitative estimate of drug-likeness (QED) is 0.0127. The normalized spacial score (nSPS) is 21.4. The van der Waals surface area contributed by atoms with Gasteiger partial charge in [-0.15, -0.1) is 0 Å². The number of carbonyl (C=O) groups is 20. The Morgan fingerprint density at radius 1 is 0.544 bits per heavy atom. The fraction of sp³-hybridized carbons (Fsp3) is 0.604. The molecule has 43 nitrogen and oxygen atoms in total. The molecular weight excluding hydrogens is 1920 g/mol. The van der Waals surface area contributed by atoms with E-state index in [2.05, 4.69) is 95.8 Å². The number of aromatic amines is 1. The van der Waals surface area contributed by atoms with Gasteiger partial charge in [-0.1, -0.05) is 120 Å². The third-order valence-corrected chi connectivity index (χ3v) is 26.5. The van der Waals surface area contributed by atoms with E-state index in [0.29, 0.717) is 66.1 Å². The highest BCUT2D eigenvalue weighted by Crippen LogP contribution is 2.25. The summed E-state index contributed by atoms with van der Waals surface area (Å²) in [4.78, 5) is 282. The van der Waals surface area contributed by atoms with Gasteiger partial charge in [0, 0.05) is 69.5 Å². The van der Waals surface area contributed by atoms with Crippen molar-refractivity contribution in [1.29, 1.82) is 0 Å². The van der Waals surface area contributed by atoms with Gasteiger partial charge >= 0.3 is 5.97 Å². The number of primary amides is 2. The molecule has 824 valence electrons. The molecule has 1 aliphatic rings. The van der Waals surface area contributed by atoms with Gasteiger partial charge < -0.3 is 79.6 Å². The molecule has 17 atom stereocenters. The number of fused-ring (bicyclic) bond motifs is 1. The van der Waals surface area contributed by atoms with Gasteiger partial charge in [-0.3, -0.25) is 117 Å². The number of rotatable bonds is 53. The lowest BCUT2D eigenvalue weighted by Crippen LogP contribution is -2.66. The second kappa shape index (κ2) is 63.9. The summed E-state index contributed by atoms with van der Waals surface area (Å²) in [5, 5.41) is 69.6. The number of benzene rings is 3. The Morgan fingerprint density at radius 3 is 1.74 bits per heavy atom. The lowest BCUT2D eigenvalue weighted by Gasteiger charge is -2.34. The number of amides is 7. The number of aromatic hydroxyl groups is 1. The molecule has 0 unspecified atom stereocenters. The Balaban J connectivity index is 1.47. The zero-order valence-electron chi connectivity index (χ0n) is 89.0. The standard InChI is InChI=1S/C106H162N20O23/c1-61(2)49-82(118-70(12)128)101(147)121-94(69(11)127)98(144)97(143)81(51-71-31-25-24-26-32-71)125-126-106(16)46-30-23-21-19-17-18-20-22-29-45-105(15,91(137)59-113-64(6)85(131)44-47-109-63(5)84(130)43-48-110-66(8)89(135)57-117-104(13,14)90(136)58-112-67(9)88(134)56-111-68(10)99(108)145)122-102(148)83(50-62(3)4)119-100(146)78(39-41-92(107)138)116-60-115-65(7)86(132)54-87(133)79(53-73-55-114-76-34-28-27-33-75(73)76)123-124-80(52-72-35-37-74(129)38-36-72)96(142)95(141)77(120-103(106)149)40-42-93(139)140/h18,20,24-28,31-38,55,61-69,77-83,94,109-117,123-127,129H,17,19,21-23,29-30,39-54,56-60H2,1-16H3,(H2,107,138)(H2,108,145)(H,118,128)(H,119,146)(H,120,149)(H,121,147)(H,122,148)(H,139,140)/t63-,64-,65-,66-,67-,68+,69+,77-,78-,79-,80-,81-,82-,83-,94-,105-,106+/m0/s1. The summed E-state index contributed by atoms with van der Waals surface area (Å²) in [5.41, 5.74) is 19.9. The third kappa shape index (κ3) is 45.0. The molecule has 1 aliphatic heterocycles. The Bertz CT molecular complexity index is 5220. The smallest absolute Gasteiger partial charge is 0.303 e. The van der Waals surface area contributed by atoms with Crippen LogP contribution in [0, 0.1) is 11.8 Å². The first-order chi connectivity index (χ1) is 70.1. The van der Waals surface area contributed by atoms with Crippen LogP contribution in [0.2, 0.25) is 0 Å². The number of Topliss-reactive ketones (excluding diaryl/α,β-unsaturated/α-hetero) is 12. The highest BCUT2D eigenvalue weighted by molar-refractivity contribution is 6.42. The Kier molecular flexibility index (Phi) is 54.7.